The molecule has 0 aromatic carbocycles. The summed E-state index contributed by atoms with van der Waals surface area (Å²) in [6.07, 6.45) is 6.58. The Balaban J connectivity index is 1.78. The molecule has 2 rings (SSSR count). The smallest absolute Gasteiger partial charge is 0.269 e. The third-order valence-electron chi connectivity index (χ3n) is 3.02. The summed E-state index contributed by atoms with van der Waals surface area (Å²) in [7, 11) is 0. The maximum atomic E-state index is 11.7. The lowest BCUT2D eigenvalue weighted by atomic mass is 9.83. The Labute approximate surface area is 100 Å². The second-order valence-electron chi connectivity index (χ2n) is 4.20. The van der Waals surface area contributed by atoms with Crippen LogP contribution in [0.4, 0.5) is 0 Å². The van der Waals surface area contributed by atoms with Crippen molar-refractivity contribution >= 4 is 17.5 Å². The predicted octanol–water partition coefficient (Wildman–Crippen LogP) is 2.66. The minimum atomic E-state index is -0.137. The number of nitrogens with one attached hydrogen (secondary N) is 1. The minimum Gasteiger partial charge on any atom is -0.351 e. The van der Waals surface area contributed by atoms with E-state index in [1.54, 1.807) is 18.3 Å². The molecule has 1 saturated carbocycles. The quantitative estimate of drug-likeness (QED) is 0.876. The fraction of sp³-hybridized carbons (Fsp3) is 0.500. The van der Waals surface area contributed by atoms with Gasteiger partial charge in [-0.1, -0.05) is 30.9 Å². The van der Waals surface area contributed by atoms with Gasteiger partial charge in [-0.3, -0.25) is 9.78 Å². The van der Waals surface area contributed by atoms with Gasteiger partial charge in [0.1, 0.15) is 5.69 Å². The van der Waals surface area contributed by atoms with Gasteiger partial charge in [0.2, 0.25) is 0 Å². The molecule has 1 aromatic rings. The minimum absolute atomic E-state index is 0.137. The van der Waals surface area contributed by atoms with E-state index in [-0.39, 0.29) is 5.91 Å². The summed E-state index contributed by atoms with van der Waals surface area (Å²) < 4.78 is 0. The molecule has 0 atom stereocenters. The van der Waals surface area contributed by atoms with Gasteiger partial charge in [-0.25, -0.2) is 0 Å². The van der Waals surface area contributed by atoms with Crippen LogP contribution >= 0.6 is 11.6 Å². The van der Waals surface area contributed by atoms with Crippen molar-refractivity contribution < 1.29 is 4.79 Å². The number of carbonyl (C=O) groups is 1. The van der Waals surface area contributed by atoms with Gasteiger partial charge in [0.25, 0.3) is 5.91 Å². The Morgan fingerprint density at radius 1 is 1.56 bits per heavy atom. The zero-order chi connectivity index (χ0) is 11.4. The van der Waals surface area contributed by atoms with Crippen LogP contribution < -0.4 is 5.32 Å². The first-order valence-electron chi connectivity index (χ1n) is 5.65. The van der Waals surface area contributed by atoms with Crippen LogP contribution in [0.1, 0.15) is 36.2 Å². The van der Waals surface area contributed by atoms with Gasteiger partial charge in [-0.05, 0) is 24.5 Å². The summed E-state index contributed by atoms with van der Waals surface area (Å²) in [6.45, 7) is 0.734. The van der Waals surface area contributed by atoms with Crippen molar-refractivity contribution in [3.05, 3.63) is 29.0 Å². The number of hydrogen-bond donors (Lipinski definition) is 1. The highest BCUT2D eigenvalue weighted by Crippen LogP contribution is 2.28. The summed E-state index contributed by atoms with van der Waals surface area (Å²) in [5, 5.41) is 3.41. The molecule has 1 amide bonds. The van der Waals surface area contributed by atoms with E-state index in [1.165, 1.54) is 19.3 Å². The van der Waals surface area contributed by atoms with Gasteiger partial charge in [-0.15, -0.1) is 0 Å². The van der Waals surface area contributed by atoms with Crippen molar-refractivity contribution in [1.29, 1.82) is 0 Å². The van der Waals surface area contributed by atoms with Crippen LogP contribution in [0.25, 0.3) is 0 Å². The highest BCUT2D eigenvalue weighted by molar-refractivity contribution is 6.30. The largest absolute Gasteiger partial charge is 0.351 e. The molecule has 0 spiro atoms. The molecule has 0 bridgehead atoms. The van der Waals surface area contributed by atoms with E-state index in [1.807, 2.05) is 0 Å². The first kappa shape index (κ1) is 11.4. The van der Waals surface area contributed by atoms with Crippen LogP contribution in [-0.4, -0.2) is 17.4 Å². The second kappa shape index (κ2) is 5.30. The lowest BCUT2D eigenvalue weighted by Crippen LogP contribution is -2.28. The average molecular weight is 239 g/mol. The average Bonchev–Trinajstić information content (AvgIpc) is 2.21. The van der Waals surface area contributed by atoms with Crippen molar-refractivity contribution in [3.8, 4) is 0 Å². The van der Waals surface area contributed by atoms with Gasteiger partial charge in [-0.2, -0.15) is 0 Å². The number of aromatic nitrogens is 1. The number of pyridine rings is 1. The molecule has 1 aliphatic rings. The maximum Gasteiger partial charge on any atom is 0.269 e. The molecule has 0 saturated heterocycles. The molecule has 0 unspecified atom stereocenters. The van der Waals surface area contributed by atoms with E-state index in [4.69, 9.17) is 11.6 Å². The number of halogens is 1. The van der Waals surface area contributed by atoms with Gasteiger partial charge < -0.3 is 5.32 Å². The van der Waals surface area contributed by atoms with Crippen molar-refractivity contribution in [3.63, 3.8) is 0 Å². The standard InChI is InChI=1S/C12H15ClN2O/c13-10-5-7-14-11(8-10)12(16)15-6-4-9-2-1-3-9/h5,7-9H,1-4,6H2,(H,15,16). The summed E-state index contributed by atoms with van der Waals surface area (Å²) in [5.41, 5.74) is 0.390. The lowest BCUT2D eigenvalue weighted by molar-refractivity contribution is 0.0944. The van der Waals surface area contributed by atoms with Gasteiger partial charge in [0.15, 0.2) is 0 Å². The normalized spacial score (nSPS) is 15.6. The molecule has 0 radical (unpaired) electrons. The Hall–Kier alpha value is -1.09. The van der Waals surface area contributed by atoms with Gasteiger partial charge in [0, 0.05) is 17.8 Å². The fourth-order valence-electron chi connectivity index (χ4n) is 1.79. The molecular weight excluding hydrogens is 224 g/mol. The molecule has 16 heavy (non-hydrogen) atoms. The number of amides is 1. The van der Waals surface area contributed by atoms with Crippen molar-refractivity contribution in [2.24, 2.45) is 5.92 Å². The first-order chi connectivity index (χ1) is 7.75. The Morgan fingerprint density at radius 2 is 2.38 bits per heavy atom. The molecular formula is C12H15ClN2O. The van der Waals surface area contributed by atoms with Crippen LogP contribution in [0.15, 0.2) is 18.3 Å². The second-order valence-corrected chi connectivity index (χ2v) is 4.64. The molecule has 4 heteroatoms. The van der Waals surface area contributed by atoms with Crippen LogP contribution in [0.5, 0.6) is 0 Å². The monoisotopic (exact) mass is 238 g/mol. The predicted molar refractivity (Wildman–Crippen MR) is 63.5 cm³/mol. The van der Waals surface area contributed by atoms with E-state index in [2.05, 4.69) is 10.3 Å². The van der Waals surface area contributed by atoms with E-state index >= 15 is 0 Å². The first-order valence-corrected chi connectivity index (χ1v) is 6.03. The SMILES string of the molecule is O=C(NCCC1CCC1)c1cc(Cl)ccn1. The third kappa shape index (κ3) is 2.95. The van der Waals surface area contributed by atoms with Crippen LogP contribution in [0.2, 0.25) is 5.02 Å². The highest BCUT2D eigenvalue weighted by Gasteiger charge is 2.17. The van der Waals surface area contributed by atoms with Crippen molar-refractivity contribution in [1.82, 2.24) is 10.3 Å². The van der Waals surface area contributed by atoms with Crippen LogP contribution in [0.3, 0.4) is 0 Å². The summed E-state index contributed by atoms with van der Waals surface area (Å²) in [4.78, 5) is 15.6. The molecule has 1 heterocycles. The Morgan fingerprint density at radius 3 is 3.00 bits per heavy atom. The fourth-order valence-corrected chi connectivity index (χ4v) is 1.95. The Kier molecular flexibility index (Phi) is 3.78. The molecule has 1 N–H and O–H groups in total. The van der Waals surface area contributed by atoms with E-state index in [0.29, 0.717) is 10.7 Å². The summed E-state index contributed by atoms with van der Waals surface area (Å²) >= 11 is 5.78. The molecule has 1 aliphatic carbocycles. The van der Waals surface area contributed by atoms with E-state index in [0.717, 1.165) is 18.9 Å². The zero-order valence-corrected chi connectivity index (χ0v) is 9.83. The number of nitrogens with zero attached hydrogens (tertiary/aromatic N) is 1. The molecule has 1 fully saturated rings. The topological polar surface area (TPSA) is 42.0 Å². The van der Waals surface area contributed by atoms with Crippen molar-refractivity contribution in [2.45, 2.75) is 25.7 Å². The van der Waals surface area contributed by atoms with E-state index < -0.39 is 0 Å². The number of carbonyl (C=O) groups excluding carboxylic acids is 1. The van der Waals surface area contributed by atoms with Gasteiger partial charge in [0.05, 0.1) is 0 Å². The zero-order valence-electron chi connectivity index (χ0n) is 9.08. The molecule has 86 valence electrons. The summed E-state index contributed by atoms with van der Waals surface area (Å²) in [5.74, 6) is 0.675. The Bertz CT molecular complexity index is 377. The molecule has 0 aliphatic heterocycles. The van der Waals surface area contributed by atoms with Gasteiger partial charge >= 0.3 is 0 Å². The molecule has 3 nitrogen and oxygen atoms in total. The number of hydrogen-bond acceptors (Lipinski definition) is 2. The number of rotatable bonds is 4. The van der Waals surface area contributed by atoms with E-state index in [9.17, 15) is 4.79 Å². The third-order valence-corrected chi connectivity index (χ3v) is 3.25. The van der Waals surface area contributed by atoms with Crippen molar-refractivity contribution in [2.75, 3.05) is 6.54 Å². The van der Waals surface area contributed by atoms with Crippen LogP contribution in [0, 0.1) is 5.92 Å². The lowest BCUT2D eigenvalue weighted by Gasteiger charge is -2.25. The van der Waals surface area contributed by atoms with Crippen LogP contribution in [-0.2, 0) is 0 Å². The summed E-state index contributed by atoms with van der Waals surface area (Å²) in [6, 6.07) is 3.24. The highest BCUT2D eigenvalue weighted by atomic mass is 35.5. The maximum absolute atomic E-state index is 11.7. The molecule has 1 aromatic heterocycles.